The lowest BCUT2D eigenvalue weighted by atomic mass is 10.2. The summed E-state index contributed by atoms with van der Waals surface area (Å²) in [7, 11) is 0. The smallest absolute Gasteiger partial charge is 0.287 e. The van der Waals surface area contributed by atoms with Crippen LogP contribution in [0.5, 0.6) is 5.75 Å². The summed E-state index contributed by atoms with van der Waals surface area (Å²) in [6.45, 7) is 2.52. The van der Waals surface area contributed by atoms with E-state index in [1.807, 2.05) is 31.2 Å². The van der Waals surface area contributed by atoms with Gasteiger partial charge < -0.3 is 19.8 Å². The molecule has 0 aliphatic rings. The summed E-state index contributed by atoms with van der Waals surface area (Å²) in [6, 6.07) is 10.6. The lowest BCUT2D eigenvalue weighted by Gasteiger charge is -2.08. The molecule has 7 heteroatoms. The molecule has 0 spiro atoms. The van der Waals surface area contributed by atoms with Crippen LogP contribution in [0, 0.1) is 6.92 Å². The Kier molecular flexibility index (Phi) is 6.22. The molecule has 0 saturated carbocycles. The number of carbonyl (C=O) groups excluding carboxylic acids is 2. The molecular weight excluding hydrogens is 364 g/mol. The molecule has 0 bridgehead atoms. The van der Waals surface area contributed by atoms with Crippen LogP contribution in [0.1, 0.15) is 16.1 Å². The molecule has 122 valence electrons. The van der Waals surface area contributed by atoms with Crippen LogP contribution in [0.3, 0.4) is 0 Å². The van der Waals surface area contributed by atoms with Crippen molar-refractivity contribution >= 4 is 27.7 Å². The number of halogens is 1. The van der Waals surface area contributed by atoms with E-state index in [2.05, 4.69) is 26.6 Å². The van der Waals surface area contributed by atoms with Gasteiger partial charge in [-0.3, -0.25) is 9.59 Å². The van der Waals surface area contributed by atoms with E-state index in [9.17, 15) is 9.59 Å². The van der Waals surface area contributed by atoms with Crippen LogP contribution in [0.2, 0.25) is 0 Å². The summed E-state index contributed by atoms with van der Waals surface area (Å²) in [6.07, 6.45) is 0. The Morgan fingerprint density at radius 3 is 2.43 bits per heavy atom. The SMILES string of the molecule is Cc1ccc(OCC(=O)NCCNC(=O)c2ccc(Br)o2)cc1. The molecular formula is C16H17BrN2O4. The molecule has 1 heterocycles. The fourth-order valence-electron chi connectivity index (χ4n) is 1.74. The number of benzene rings is 1. The molecule has 0 fully saturated rings. The molecule has 0 saturated heterocycles. The Labute approximate surface area is 142 Å². The molecule has 2 aromatic rings. The van der Waals surface area contributed by atoms with Gasteiger partial charge in [0.15, 0.2) is 17.0 Å². The lowest BCUT2D eigenvalue weighted by Crippen LogP contribution is -2.36. The summed E-state index contributed by atoms with van der Waals surface area (Å²) in [4.78, 5) is 23.3. The van der Waals surface area contributed by atoms with Gasteiger partial charge in [0, 0.05) is 13.1 Å². The predicted octanol–water partition coefficient (Wildman–Crippen LogP) is 2.28. The van der Waals surface area contributed by atoms with Crippen LogP contribution in [-0.2, 0) is 4.79 Å². The van der Waals surface area contributed by atoms with Crippen LogP contribution >= 0.6 is 15.9 Å². The third-order valence-electron chi connectivity index (χ3n) is 2.92. The highest BCUT2D eigenvalue weighted by Gasteiger charge is 2.09. The lowest BCUT2D eigenvalue weighted by molar-refractivity contribution is -0.123. The number of hydrogen-bond acceptors (Lipinski definition) is 4. The van der Waals surface area contributed by atoms with Crippen molar-refractivity contribution in [3.05, 3.63) is 52.4 Å². The quantitative estimate of drug-likeness (QED) is 0.722. The Bertz CT molecular complexity index is 667. The fourth-order valence-corrected chi connectivity index (χ4v) is 2.04. The molecule has 0 radical (unpaired) electrons. The van der Waals surface area contributed by atoms with E-state index in [0.717, 1.165) is 5.56 Å². The molecule has 1 aromatic carbocycles. The number of nitrogens with one attached hydrogen (secondary N) is 2. The first-order valence-electron chi connectivity index (χ1n) is 7.04. The molecule has 0 aliphatic carbocycles. The van der Waals surface area contributed by atoms with Crippen molar-refractivity contribution in [3.8, 4) is 5.75 Å². The van der Waals surface area contributed by atoms with Crippen molar-refractivity contribution < 1.29 is 18.7 Å². The van der Waals surface area contributed by atoms with E-state index in [1.54, 1.807) is 12.1 Å². The van der Waals surface area contributed by atoms with Crippen molar-refractivity contribution in [2.45, 2.75) is 6.92 Å². The molecule has 0 aliphatic heterocycles. The maximum atomic E-state index is 11.7. The first kappa shape index (κ1) is 17.1. The average Bonchev–Trinajstić information content (AvgIpc) is 2.97. The van der Waals surface area contributed by atoms with Crippen LogP contribution < -0.4 is 15.4 Å². The average molecular weight is 381 g/mol. The van der Waals surface area contributed by atoms with Crippen LogP contribution in [0.4, 0.5) is 0 Å². The Morgan fingerprint density at radius 1 is 1.09 bits per heavy atom. The van der Waals surface area contributed by atoms with Crippen molar-refractivity contribution in [1.82, 2.24) is 10.6 Å². The summed E-state index contributed by atoms with van der Waals surface area (Å²) in [5, 5.41) is 5.30. The van der Waals surface area contributed by atoms with E-state index >= 15 is 0 Å². The van der Waals surface area contributed by atoms with Gasteiger partial charge in [0.1, 0.15) is 5.75 Å². The predicted molar refractivity (Wildman–Crippen MR) is 88.4 cm³/mol. The molecule has 1 aromatic heterocycles. The number of carbonyl (C=O) groups is 2. The zero-order valence-electron chi connectivity index (χ0n) is 12.6. The molecule has 2 N–H and O–H groups in total. The van der Waals surface area contributed by atoms with Crippen molar-refractivity contribution in [2.75, 3.05) is 19.7 Å². The van der Waals surface area contributed by atoms with Gasteiger partial charge in [0.05, 0.1) is 0 Å². The fraction of sp³-hybridized carbons (Fsp3) is 0.250. The molecule has 0 unspecified atom stereocenters. The minimum absolute atomic E-state index is 0.0673. The van der Waals surface area contributed by atoms with Gasteiger partial charge in [-0.05, 0) is 47.1 Å². The number of furan rings is 1. The highest BCUT2D eigenvalue weighted by molar-refractivity contribution is 9.10. The maximum Gasteiger partial charge on any atom is 0.287 e. The highest BCUT2D eigenvalue weighted by Crippen LogP contribution is 2.13. The highest BCUT2D eigenvalue weighted by atomic mass is 79.9. The van der Waals surface area contributed by atoms with Gasteiger partial charge in [-0.25, -0.2) is 0 Å². The van der Waals surface area contributed by atoms with E-state index in [-0.39, 0.29) is 24.2 Å². The number of rotatable bonds is 7. The second kappa shape index (κ2) is 8.38. The maximum absolute atomic E-state index is 11.7. The Hall–Kier alpha value is -2.28. The monoisotopic (exact) mass is 380 g/mol. The normalized spacial score (nSPS) is 10.2. The zero-order chi connectivity index (χ0) is 16.7. The van der Waals surface area contributed by atoms with Crippen LogP contribution in [0.15, 0.2) is 45.5 Å². The Balaban J connectivity index is 1.61. The second-order valence-corrected chi connectivity index (χ2v) is 5.59. The van der Waals surface area contributed by atoms with Crippen molar-refractivity contribution in [1.29, 1.82) is 0 Å². The standard InChI is InChI=1S/C16H17BrN2O4/c1-11-2-4-12(5-3-11)22-10-15(20)18-8-9-19-16(21)13-6-7-14(17)23-13/h2-7H,8-10H2,1H3,(H,18,20)(H,19,21). The largest absolute Gasteiger partial charge is 0.484 e. The summed E-state index contributed by atoms with van der Waals surface area (Å²) in [5.41, 5.74) is 1.13. The number of amides is 2. The summed E-state index contributed by atoms with van der Waals surface area (Å²) in [5.74, 6) is 0.273. The van der Waals surface area contributed by atoms with Gasteiger partial charge in [-0.1, -0.05) is 17.7 Å². The molecule has 23 heavy (non-hydrogen) atoms. The van der Waals surface area contributed by atoms with Crippen LogP contribution in [0.25, 0.3) is 0 Å². The third kappa shape index (κ3) is 5.78. The van der Waals surface area contributed by atoms with E-state index in [1.165, 1.54) is 0 Å². The van der Waals surface area contributed by atoms with Crippen molar-refractivity contribution in [3.63, 3.8) is 0 Å². The third-order valence-corrected chi connectivity index (χ3v) is 3.35. The first-order valence-corrected chi connectivity index (χ1v) is 7.83. The van der Waals surface area contributed by atoms with E-state index in [4.69, 9.17) is 9.15 Å². The molecule has 0 atom stereocenters. The van der Waals surface area contributed by atoms with Gasteiger partial charge in [0.25, 0.3) is 11.8 Å². The second-order valence-electron chi connectivity index (χ2n) is 4.81. The summed E-state index contributed by atoms with van der Waals surface area (Å²) >= 11 is 3.12. The van der Waals surface area contributed by atoms with E-state index in [0.29, 0.717) is 23.5 Å². The molecule has 6 nitrogen and oxygen atoms in total. The number of aryl methyl sites for hydroxylation is 1. The van der Waals surface area contributed by atoms with Crippen molar-refractivity contribution in [2.24, 2.45) is 0 Å². The number of ether oxygens (including phenoxy) is 1. The topological polar surface area (TPSA) is 80.6 Å². The van der Waals surface area contributed by atoms with Crippen LogP contribution in [-0.4, -0.2) is 31.5 Å². The Morgan fingerprint density at radius 2 is 1.78 bits per heavy atom. The van der Waals surface area contributed by atoms with Gasteiger partial charge in [0.2, 0.25) is 0 Å². The summed E-state index contributed by atoms with van der Waals surface area (Å²) < 4.78 is 11.0. The molecule has 2 rings (SSSR count). The zero-order valence-corrected chi connectivity index (χ0v) is 14.2. The van der Waals surface area contributed by atoms with Gasteiger partial charge in [-0.15, -0.1) is 0 Å². The minimum Gasteiger partial charge on any atom is -0.484 e. The first-order chi connectivity index (χ1) is 11.0. The minimum atomic E-state index is -0.333. The van der Waals surface area contributed by atoms with Gasteiger partial charge >= 0.3 is 0 Å². The number of hydrogen-bond donors (Lipinski definition) is 2. The van der Waals surface area contributed by atoms with Gasteiger partial charge in [-0.2, -0.15) is 0 Å². The van der Waals surface area contributed by atoms with E-state index < -0.39 is 0 Å². The molecule has 2 amide bonds.